The van der Waals surface area contributed by atoms with Crippen molar-refractivity contribution < 1.29 is 4.74 Å². The lowest BCUT2D eigenvalue weighted by molar-refractivity contribution is 0.111. The number of ether oxygens (including phenoxy) is 1. The molecule has 124 valence electrons. The SMILES string of the molecule is CCOCCN1CCN(c2ncnc3c2ncn3C2CC2)CC1. The summed E-state index contributed by atoms with van der Waals surface area (Å²) >= 11 is 0. The Bertz CT molecular complexity index is 660. The van der Waals surface area contributed by atoms with Crippen molar-refractivity contribution in [1.82, 2.24) is 24.4 Å². The summed E-state index contributed by atoms with van der Waals surface area (Å²) in [7, 11) is 0. The van der Waals surface area contributed by atoms with Gasteiger partial charge in [-0.2, -0.15) is 0 Å². The van der Waals surface area contributed by atoms with E-state index in [0.29, 0.717) is 6.04 Å². The Kier molecular flexibility index (Phi) is 4.13. The summed E-state index contributed by atoms with van der Waals surface area (Å²) in [6, 6.07) is 0.596. The lowest BCUT2D eigenvalue weighted by Crippen LogP contribution is -2.47. The van der Waals surface area contributed by atoms with Crippen molar-refractivity contribution in [2.45, 2.75) is 25.8 Å². The van der Waals surface area contributed by atoms with Crippen LogP contribution in [0, 0.1) is 0 Å². The van der Waals surface area contributed by atoms with Crippen LogP contribution in [0.4, 0.5) is 5.82 Å². The van der Waals surface area contributed by atoms with E-state index in [1.807, 2.05) is 13.3 Å². The van der Waals surface area contributed by atoms with Gasteiger partial charge >= 0.3 is 0 Å². The second-order valence-electron chi connectivity index (χ2n) is 6.28. The van der Waals surface area contributed by atoms with Crippen molar-refractivity contribution in [3.63, 3.8) is 0 Å². The highest BCUT2D eigenvalue weighted by molar-refractivity contribution is 5.83. The molecule has 1 saturated carbocycles. The van der Waals surface area contributed by atoms with Gasteiger partial charge in [-0.25, -0.2) is 15.0 Å². The van der Waals surface area contributed by atoms with Gasteiger partial charge in [-0.3, -0.25) is 4.90 Å². The van der Waals surface area contributed by atoms with Crippen LogP contribution in [0.5, 0.6) is 0 Å². The van der Waals surface area contributed by atoms with E-state index in [0.717, 1.165) is 62.9 Å². The molecule has 1 aliphatic carbocycles. The Morgan fingerprint density at radius 1 is 1.13 bits per heavy atom. The molecule has 0 atom stereocenters. The standard InChI is InChI=1S/C16H24N6O/c1-2-23-10-9-20-5-7-21(8-6-20)15-14-16(18-11-17-15)22(12-19-14)13-3-4-13/h11-13H,2-10H2,1H3. The molecule has 0 radical (unpaired) electrons. The molecule has 2 aliphatic rings. The number of piperazine rings is 1. The molecule has 7 nitrogen and oxygen atoms in total. The van der Waals surface area contributed by atoms with Gasteiger partial charge < -0.3 is 14.2 Å². The Balaban J connectivity index is 1.46. The smallest absolute Gasteiger partial charge is 0.165 e. The Hall–Kier alpha value is -1.73. The predicted molar refractivity (Wildman–Crippen MR) is 88.7 cm³/mol. The first kappa shape index (κ1) is 14.8. The number of fused-ring (bicyclic) bond motifs is 1. The summed E-state index contributed by atoms with van der Waals surface area (Å²) in [5.41, 5.74) is 1.93. The fourth-order valence-electron chi connectivity index (χ4n) is 3.21. The summed E-state index contributed by atoms with van der Waals surface area (Å²) < 4.78 is 7.65. The molecule has 0 amide bonds. The number of anilines is 1. The van der Waals surface area contributed by atoms with E-state index >= 15 is 0 Å². The third-order valence-corrected chi connectivity index (χ3v) is 4.71. The minimum Gasteiger partial charge on any atom is -0.380 e. The van der Waals surface area contributed by atoms with Gasteiger partial charge in [-0.05, 0) is 19.8 Å². The molecule has 3 heterocycles. The molecule has 0 bridgehead atoms. The summed E-state index contributed by atoms with van der Waals surface area (Å²) in [4.78, 5) is 18.4. The van der Waals surface area contributed by atoms with Crippen LogP contribution >= 0.6 is 0 Å². The molecule has 0 N–H and O–H groups in total. The molecule has 0 aromatic carbocycles. The maximum atomic E-state index is 5.45. The maximum Gasteiger partial charge on any atom is 0.165 e. The average molecular weight is 316 g/mol. The van der Waals surface area contributed by atoms with Crippen molar-refractivity contribution >= 4 is 17.0 Å². The zero-order chi connectivity index (χ0) is 15.6. The molecule has 2 fully saturated rings. The molecule has 2 aromatic rings. The second kappa shape index (κ2) is 6.41. The van der Waals surface area contributed by atoms with Gasteiger partial charge in [0.1, 0.15) is 6.33 Å². The van der Waals surface area contributed by atoms with E-state index in [9.17, 15) is 0 Å². The fraction of sp³-hybridized carbons (Fsp3) is 0.688. The van der Waals surface area contributed by atoms with Gasteiger partial charge in [0.05, 0.1) is 12.9 Å². The van der Waals surface area contributed by atoms with E-state index in [1.165, 1.54) is 12.8 Å². The van der Waals surface area contributed by atoms with Crippen molar-refractivity contribution in [1.29, 1.82) is 0 Å². The van der Waals surface area contributed by atoms with Crippen molar-refractivity contribution in [2.75, 3.05) is 50.8 Å². The quantitative estimate of drug-likeness (QED) is 0.749. The van der Waals surface area contributed by atoms with Crippen LogP contribution in [0.2, 0.25) is 0 Å². The minimum absolute atomic E-state index is 0.596. The normalized spacial score (nSPS) is 19.6. The zero-order valence-electron chi connectivity index (χ0n) is 13.7. The Morgan fingerprint density at radius 3 is 2.70 bits per heavy atom. The lowest BCUT2D eigenvalue weighted by Gasteiger charge is -2.35. The molecular formula is C16H24N6O. The Morgan fingerprint density at radius 2 is 1.96 bits per heavy atom. The van der Waals surface area contributed by atoms with Gasteiger partial charge in [-0.15, -0.1) is 0 Å². The van der Waals surface area contributed by atoms with Gasteiger partial charge in [0, 0.05) is 45.4 Å². The molecule has 1 saturated heterocycles. The van der Waals surface area contributed by atoms with Gasteiger partial charge in [-0.1, -0.05) is 0 Å². The summed E-state index contributed by atoms with van der Waals surface area (Å²) in [5.74, 6) is 0.985. The van der Waals surface area contributed by atoms with Crippen LogP contribution in [0.3, 0.4) is 0 Å². The van der Waals surface area contributed by atoms with E-state index in [4.69, 9.17) is 4.74 Å². The van der Waals surface area contributed by atoms with E-state index in [2.05, 4.69) is 29.3 Å². The molecular weight excluding hydrogens is 292 g/mol. The number of aromatic nitrogens is 4. The third-order valence-electron chi connectivity index (χ3n) is 4.71. The monoisotopic (exact) mass is 316 g/mol. The summed E-state index contributed by atoms with van der Waals surface area (Å²) in [6.45, 7) is 8.71. The molecule has 0 spiro atoms. The number of rotatable bonds is 6. The van der Waals surface area contributed by atoms with Gasteiger partial charge in [0.15, 0.2) is 17.0 Å². The first-order valence-corrected chi connectivity index (χ1v) is 8.59. The minimum atomic E-state index is 0.596. The molecule has 1 aliphatic heterocycles. The third kappa shape index (κ3) is 3.03. The van der Waals surface area contributed by atoms with Crippen molar-refractivity contribution in [3.8, 4) is 0 Å². The summed E-state index contributed by atoms with van der Waals surface area (Å²) in [6.07, 6.45) is 6.09. The molecule has 0 unspecified atom stereocenters. The van der Waals surface area contributed by atoms with Crippen LogP contribution in [-0.4, -0.2) is 70.4 Å². The van der Waals surface area contributed by atoms with Crippen LogP contribution < -0.4 is 4.90 Å². The van der Waals surface area contributed by atoms with Crippen molar-refractivity contribution in [2.24, 2.45) is 0 Å². The van der Waals surface area contributed by atoms with Crippen LogP contribution in [0.1, 0.15) is 25.8 Å². The zero-order valence-corrected chi connectivity index (χ0v) is 13.7. The Labute approximate surface area is 136 Å². The van der Waals surface area contributed by atoms with E-state index < -0.39 is 0 Å². The van der Waals surface area contributed by atoms with Crippen LogP contribution in [-0.2, 0) is 4.74 Å². The predicted octanol–water partition coefficient (Wildman–Crippen LogP) is 1.32. The molecule has 4 rings (SSSR count). The lowest BCUT2D eigenvalue weighted by atomic mass is 10.3. The van der Waals surface area contributed by atoms with Crippen molar-refractivity contribution in [3.05, 3.63) is 12.7 Å². The highest BCUT2D eigenvalue weighted by atomic mass is 16.5. The first-order chi connectivity index (χ1) is 11.4. The van der Waals surface area contributed by atoms with Crippen LogP contribution in [0.25, 0.3) is 11.2 Å². The number of nitrogens with zero attached hydrogens (tertiary/aromatic N) is 6. The average Bonchev–Trinajstić information content (AvgIpc) is 3.34. The number of imidazole rings is 1. The van der Waals surface area contributed by atoms with Gasteiger partial charge in [0.25, 0.3) is 0 Å². The topological polar surface area (TPSA) is 59.3 Å². The second-order valence-corrected chi connectivity index (χ2v) is 6.28. The molecule has 23 heavy (non-hydrogen) atoms. The highest BCUT2D eigenvalue weighted by Crippen LogP contribution is 2.37. The first-order valence-electron chi connectivity index (χ1n) is 8.59. The van der Waals surface area contributed by atoms with Gasteiger partial charge in [0.2, 0.25) is 0 Å². The molecule has 2 aromatic heterocycles. The largest absolute Gasteiger partial charge is 0.380 e. The highest BCUT2D eigenvalue weighted by Gasteiger charge is 2.27. The van der Waals surface area contributed by atoms with E-state index in [1.54, 1.807) is 6.33 Å². The maximum absolute atomic E-state index is 5.45. The molecule has 7 heteroatoms. The summed E-state index contributed by atoms with van der Waals surface area (Å²) in [5, 5.41) is 0. The fourth-order valence-corrected chi connectivity index (χ4v) is 3.21. The number of hydrogen-bond acceptors (Lipinski definition) is 6. The van der Waals surface area contributed by atoms with E-state index in [-0.39, 0.29) is 0 Å². The van der Waals surface area contributed by atoms with Crippen LogP contribution in [0.15, 0.2) is 12.7 Å². The number of hydrogen-bond donors (Lipinski definition) is 0.